The van der Waals surface area contributed by atoms with E-state index < -0.39 is 11.7 Å². The lowest BCUT2D eigenvalue weighted by molar-refractivity contribution is 0.0643. The summed E-state index contributed by atoms with van der Waals surface area (Å²) in [4.78, 5) is 32.0. The molecule has 1 aliphatic heterocycles. The third-order valence-corrected chi connectivity index (χ3v) is 7.72. The van der Waals surface area contributed by atoms with Crippen LogP contribution in [0.15, 0.2) is 54.0 Å². The van der Waals surface area contributed by atoms with Crippen LogP contribution in [-0.4, -0.2) is 51.4 Å². The normalized spacial score (nSPS) is 16.1. The van der Waals surface area contributed by atoms with Gasteiger partial charge in [0.2, 0.25) is 0 Å². The number of anilines is 2. The fourth-order valence-electron chi connectivity index (χ4n) is 5.31. The molecule has 3 aromatic rings. The van der Waals surface area contributed by atoms with Crippen molar-refractivity contribution in [3.05, 3.63) is 76.0 Å². The Bertz CT molecular complexity index is 1240. The van der Waals surface area contributed by atoms with E-state index >= 15 is 4.39 Å². The number of benzene rings is 2. The maximum atomic E-state index is 15.5. The molecule has 2 aromatic carbocycles. The molecule has 4 rings (SSSR count). The van der Waals surface area contributed by atoms with Gasteiger partial charge >= 0.3 is 0 Å². The van der Waals surface area contributed by atoms with Crippen molar-refractivity contribution >= 4 is 34.5 Å². The minimum atomic E-state index is -0.700. The number of nitrogens with two attached hydrogens (primary N) is 1. The average Bonchev–Trinajstić information content (AvgIpc) is 3.39. The molecule has 1 saturated heterocycles. The molecular formula is C29H36FN5O2S. The molecule has 202 valence electrons. The molecule has 1 fully saturated rings. The van der Waals surface area contributed by atoms with E-state index in [2.05, 4.69) is 9.99 Å². The first-order valence-electron chi connectivity index (χ1n) is 13.1. The van der Waals surface area contributed by atoms with Gasteiger partial charge in [-0.3, -0.25) is 14.6 Å². The number of piperidine rings is 1. The Morgan fingerprint density at radius 3 is 2.42 bits per heavy atom. The molecule has 0 bridgehead atoms. The highest BCUT2D eigenvalue weighted by Crippen LogP contribution is 2.37. The fourth-order valence-corrected chi connectivity index (χ4v) is 6.00. The summed E-state index contributed by atoms with van der Waals surface area (Å²) in [6.45, 7) is 8.66. The van der Waals surface area contributed by atoms with Crippen LogP contribution in [0.2, 0.25) is 0 Å². The lowest BCUT2D eigenvalue weighted by Gasteiger charge is -2.44. The number of amides is 2. The van der Waals surface area contributed by atoms with Crippen molar-refractivity contribution in [2.24, 2.45) is 5.73 Å². The molecule has 1 atom stereocenters. The van der Waals surface area contributed by atoms with Gasteiger partial charge in [0.25, 0.3) is 11.8 Å². The van der Waals surface area contributed by atoms with Crippen LogP contribution in [0, 0.1) is 5.82 Å². The van der Waals surface area contributed by atoms with Crippen molar-refractivity contribution in [1.82, 2.24) is 14.9 Å². The van der Waals surface area contributed by atoms with Crippen LogP contribution >= 0.6 is 11.3 Å². The Hall–Kier alpha value is -3.30. The third-order valence-electron chi connectivity index (χ3n) is 6.92. The first kappa shape index (κ1) is 27.7. The number of carbonyl (C=O) groups excluding carboxylic acids is 2. The topological polar surface area (TPSA) is 82.8 Å². The summed E-state index contributed by atoms with van der Waals surface area (Å²) in [5.74, 6) is -1.29. The zero-order chi connectivity index (χ0) is 27.4. The number of para-hydroxylation sites is 1. The number of halogens is 1. The number of carbonyl (C=O) groups is 2. The smallest absolute Gasteiger partial charge is 0.254 e. The lowest BCUT2D eigenvalue weighted by Crippen LogP contribution is -2.51. The number of hydrogen-bond donors (Lipinski definition) is 1. The van der Waals surface area contributed by atoms with Gasteiger partial charge < -0.3 is 10.6 Å². The van der Waals surface area contributed by atoms with Crippen molar-refractivity contribution in [3.8, 4) is 0 Å². The predicted octanol–water partition coefficient (Wildman–Crippen LogP) is 5.79. The number of hydrazine groups is 1. The molecule has 0 saturated carbocycles. The van der Waals surface area contributed by atoms with E-state index in [1.54, 1.807) is 40.7 Å². The van der Waals surface area contributed by atoms with Crippen LogP contribution < -0.4 is 10.7 Å². The van der Waals surface area contributed by atoms with Gasteiger partial charge in [-0.05, 0) is 76.9 Å². The van der Waals surface area contributed by atoms with Crippen LogP contribution in [-0.2, 0) is 6.42 Å². The molecule has 1 aliphatic rings. The summed E-state index contributed by atoms with van der Waals surface area (Å²) < 4.78 is 15.5. The van der Waals surface area contributed by atoms with Gasteiger partial charge in [0.15, 0.2) is 0 Å². The first-order chi connectivity index (χ1) is 18.2. The summed E-state index contributed by atoms with van der Waals surface area (Å²) in [6.07, 6.45) is 5.39. The van der Waals surface area contributed by atoms with Crippen molar-refractivity contribution in [2.75, 3.05) is 11.6 Å². The average molecular weight is 538 g/mol. The number of rotatable bonds is 9. The van der Waals surface area contributed by atoms with Gasteiger partial charge in [0.1, 0.15) is 11.5 Å². The van der Waals surface area contributed by atoms with E-state index in [-0.39, 0.29) is 35.3 Å². The number of thiazole rings is 1. The maximum Gasteiger partial charge on any atom is 0.254 e. The fraction of sp³-hybridized carbons (Fsp3) is 0.414. The third kappa shape index (κ3) is 5.89. The molecule has 1 unspecified atom stereocenters. The number of aromatic nitrogens is 1. The second-order valence-corrected chi connectivity index (χ2v) is 11.2. The number of primary amides is 1. The van der Waals surface area contributed by atoms with Gasteiger partial charge in [-0.25, -0.2) is 14.4 Å². The van der Waals surface area contributed by atoms with Gasteiger partial charge in [-0.15, -0.1) is 11.3 Å². The SMILES string of the molecule is CC(C)N(C(=O)c1ccc(N(c2c(F)cccc2C(N)=O)N2CCCCC2Cc2nccs2)cc1)C(C)C. The van der Waals surface area contributed by atoms with E-state index in [4.69, 9.17) is 5.73 Å². The van der Waals surface area contributed by atoms with Crippen molar-refractivity contribution in [2.45, 2.75) is 71.5 Å². The molecule has 0 aliphatic carbocycles. The molecule has 0 spiro atoms. The quantitative estimate of drug-likeness (QED) is 0.374. The van der Waals surface area contributed by atoms with Gasteiger partial charge in [-0.2, -0.15) is 0 Å². The van der Waals surface area contributed by atoms with E-state index in [1.165, 1.54) is 12.1 Å². The Morgan fingerprint density at radius 1 is 1.11 bits per heavy atom. The molecule has 9 heteroatoms. The van der Waals surface area contributed by atoms with Crippen LogP contribution in [0.5, 0.6) is 0 Å². The van der Waals surface area contributed by atoms with Crippen LogP contribution in [0.25, 0.3) is 0 Å². The van der Waals surface area contributed by atoms with Crippen LogP contribution in [0.1, 0.15) is 72.7 Å². The second-order valence-electron chi connectivity index (χ2n) is 10.2. The summed E-state index contributed by atoms with van der Waals surface area (Å²) in [7, 11) is 0. The van der Waals surface area contributed by atoms with Crippen molar-refractivity contribution in [3.63, 3.8) is 0 Å². The van der Waals surface area contributed by atoms with Crippen molar-refractivity contribution in [1.29, 1.82) is 0 Å². The van der Waals surface area contributed by atoms with Gasteiger partial charge in [-0.1, -0.05) is 12.5 Å². The van der Waals surface area contributed by atoms with Crippen LogP contribution in [0.4, 0.5) is 15.8 Å². The van der Waals surface area contributed by atoms with E-state index in [0.717, 1.165) is 24.3 Å². The Balaban J connectivity index is 1.79. The molecule has 1 aromatic heterocycles. The van der Waals surface area contributed by atoms with E-state index in [1.807, 2.05) is 50.1 Å². The molecular weight excluding hydrogens is 501 g/mol. The molecule has 2 heterocycles. The van der Waals surface area contributed by atoms with E-state index in [0.29, 0.717) is 24.2 Å². The largest absolute Gasteiger partial charge is 0.366 e. The molecule has 2 amide bonds. The monoisotopic (exact) mass is 537 g/mol. The molecule has 7 nitrogen and oxygen atoms in total. The van der Waals surface area contributed by atoms with Crippen molar-refractivity contribution < 1.29 is 14.0 Å². The predicted molar refractivity (Wildman–Crippen MR) is 150 cm³/mol. The van der Waals surface area contributed by atoms with Crippen LogP contribution in [0.3, 0.4) is 0 Å². The Morgan fingerprint density at radius 2 is 1.82 bits per heavy atom. The summed E-state index contributed by atoms with van der Waals surface area (Å²) in [5, 5.41) is 6.87. The second kappa shape index (κ2) is 12.0. The maximum absolute atomic E-state index is 15.5. The number of hydrogen-bond acceptors (Lipinski definition) is 6. The highest BCUT2D eigenvalue weighted by molar-refractivity contribution is 7.09. The Kier molecular flexibility index (Phi) is 8.79. The Labute approximate surface area is 228 Å². The molecule has 2 N–H and O–H groups in total. The first-order valence-corrected chi connectivity index (χ1v) is 14.0. The standard InChI is InChI=1S/C29H36FN5O2S/c1-19(2)34(20(3)4)29(37)21-11-13-22(14-12-21)35(27-24(28(31)36)9-7-10-25(27)30)33-16-6-5-8-23(33)18-26-32-15-17-38-26/h7,9-15,17,19-20,23H,5-6,8,16,18H2,1-4H3,(H2,31,36). The van der Waals surface area contributed by atoms with Gasteiger partial charge in [0.05, 0.1) is 16.3 Å². The van der Waals surface area contributed by atoms with Gasteiger partial charge in [0, 0.05) is 48.2 Å². The summed E-state index contributed by atoms with van der Waals surface area (Å²) in [5.41, 5.74) is 7.15. The minimum absolute atomic E-state index is 0.0499. The summed E-state index contributed by atoms with van der Waals surface area (Å²) in [6, 6.07) is 11.7. The van der Waals surface area contributed by atoms with E-state index in [9.17, 15) is 9.59 Å². The molecule has 0 radical (unpaired) electrons. The highest BCUT2D eigenvalue weighted by atomic mass is 32.1. The highest BCUT2D eigenvalue weighted by Gasteiger charge is 2.33. The zero-order valence-corrected chi connectivity index (χ0v) is 23.2. The summed E-state index contributed by atoms with van der Waals surface area (Å²) >= 11 is 1.60. The zero-order valence-electron chi connectivity index (χ0n) is 22.4. The molecule has 38 heavy (non-hydrogen) atoms. The lowest BCUT2D eigenvalue weighted by atomic mass is 10.0. The number of nitrogens with zero attached hydrogens (tertiary/aromatic N) is 4. The minimum Gasteiger partial charge on any atom is -0.366 e.